The van der Waals surface area contributed by atoms with E-state index in [0.29, 0.717) is 11.1 Å². The van der Waals surface area contributed by atoms with Gasteiger partial charge in [0.05, 0.1) is 0 Å². The SMILES string of the molecule is CCN(CC)c1nc(Cl)nc(Sc2ccncc2)n1. The second kappa shape index (κ2) is 6.68. The second-order valence-electron chi connectivity index (χ2n) is 3.64. The van der Waals surface area contributed by atoms with E-state index >= 15 is 0 Å². The fourth-order valence-electron chi connectivity index (χ4n) is 1.53. The summed E-state index contributed by atoms with van der Waals surface area (Å²) in [6, 6.07) is 3.80. The van der Waals surface area contributed by atoms with Crippen molar-refractivity contribution in [3.8, 4) is 0 Å². The molecule has 0 aliphatic rings. The number of hydrogen-bond donors (Lipinski definition) is 0. The standard InChI is InChI=1S/C12H14ClN5S/c1-3-18(4-2)11-15-10(13)16-12(17-11)19-9-5-7-14-8-6-9/h5-8H,3-4H2,1-2H3. The molecule has 0 atom stereocenters. The first-order chi connectivity index (χ1) is 9.22. The van der Waals surface area contributed by atoms with E-state index in [1.54, 1.807) is 12.4 Å². The minimum atomic E-state index is 0.216. The van der Waals surface area contributed by atoms with E-state index in [1.807, 2.05) is 17.0 Å². The molecule has 0 fully saturated rings. The van der Waals surface area contributed by atoms with E-state index < -0.39 is 0 Å². The number of rotatable bonds is 5. The van der Waals surface area contributed by atoms with E-state index in [1.165, 1.54) is 11.8 Å². The molecule has 0 amide bonds. The fraction of sp³-hybridized carbons (Fsp3) is 0.333. The molecule has 2 aromatic rings. The summed E-state index contributed by atoms with van der Waals surface area (Å²) < 4.78 is 0. The molecule has 0 aromatic carbocycles. The Labute approximate surface area is 121 Å². The van der Waals surface area contributed by atoms with Gasteiger partial charge in [-0.15, -0.1) is 0 Å². The highest BCUT2D eigenvalue weighted by Crippen LogP contribution is 2.25. The first-order valence-electron chi connectivity index (χ1n) is 5.97. The molecule has 0 spiro atoms. The lowest BCUT2D eigenvalue weighted by molar-refractivity contribution is 0.782. The molecule has 0 N–H and O–H groups in total. The largest absolute Gasteiger partial charge is 0.341 e. The predicted octanol–water partition coefficient (Wildman–Crippen LogP) is 2.92. The van der Waals surface area contributed by atoms with Crippen LogP contribution in [0.3, 0.4) is 0 Å². The maximum absolute atomic E-state index is 5.96. The van der Waals surface area contributed by atoms with Crippen LogP contribution in [0.2, 0.25) is 5.28 Å². The van der Waals surface area contributed by atoms with Gasteiger partial charge in [0.2, 0.25) is 11.2 Å². The number of aromatic nitrogens is 4. The molecule has 0 unspecified atom stereocenters. The van der Waals surface area contributed by atoms with Gasteiger partial charge in [-0.3, -0.25) is 4.98 Å². The molecule has 0 radical (unpaired) electrons. The number of hydrogen-bond acceptors (Lipinski definition) is 6. The molecule has 5 nitrogen and oxygen atoms in total. The van der Waals surface area contributed by atoms with Crippen LogP contribution in [0.5, 0.6) is 0 Å². The van der Waals surface area contributed by atoms with Crippen LogP contribution in [0.4, 0.5) is 5.95 Å². The Hall–Kier alpha value is -1.40. The fourth-order valence-corrected chi connectivity index (χ4v) is 2.46. The summed E-state index contributed by atoms with van der Waals surface area (Å²) in [6.07, 6.45) is 3.47. The lowest BCUT2D eigenvalue weighted by Gasteiger charge is -2.18. The van der Waals surface area contributed by atoms with Crippen LogP contribution in [0.1, 0.15) is 13.8 Å². The minimum Gasteiger partial charge on any atom is -0.341 e. The lowest BCUT2D eigenvalue weighted by Crippen LogP contribution is -2.24. The summed E-state index contributed by atoms with van der Waals surface area (Å²) in [4.78, 5) is 19.8. The average Bonchev–Trinajstić information content (AvgIpc) is 2.40. The second-order valence-corrected chi connectivity index (χ2v) is 5.02. The molecule has 7 heteroatoms. The molecule has 0 saturated heterocycles. The van der Waals surface area contributed by atoms with Crippen LogP contribution in [0, 0.1) is 0 Å². The van der Waals surface area contributed by atoms with Crippen molar-refractivity contribution in [3.63, 3.8) is 0 Å². The van der Waals surface area contributed by atoms with Gasteiger partial charge in [0.1, 0.15) is 0 Å². The quantitative estimate of drug-likeness (QED) is 0.845. The molecule has 0 aliphatic heterocycles. The molecule has 2 rings (SSSR count). The highest BCUT2D eigenvalue weighted by atomic mass is 35.5. The van der Waals surface area contributed by atoms with Crippen LogP contribution in [-0.4, -0.2) is 33.0 Å². The molecular formula is C12H14ClN5S. The maximum Gasteiger partial charge on any atom is 0.230 e. The van der Waals surface area contributed by atoms with Crippen LogP contribution >= 0.6 is 23.4 Å². The van der Waals surface area contributed by atoms with Gasteiger partial charge in [-0.1, -0.05) is 0 Å². The molecule has 100 valence electrons. The third-order valence-electron chi connectivity index (χ3n) is 2.48. The minimum absolute atomic E-state index is 0.216. The van der Waals surface area contributed by atoms with Gasteiger partial charge < -0.3 is 4.90 Å². The van der Waals surface area contributed by atoms with E-state index in [9.17, 15) is 0 Å². The smallest absolute Gasteiger partial charge is 0.230 e. The van der Waals surface area contributed by atoms with Crippen LogP contribution in [0.15, 0.2) is 34.6 Å². The summed E-state index contributed by atoms with van der Waals surface area (Å²) in [6.45, 7) is 5.76. The number of anilines is 1. The number of halogens is 1. The van der Waals surface area contributed by atoms with Crippen molar-refractivity contribution in [2.45, 2.75) is 23.9 Å². The normalized spacial score (nSPS) is 10.5. The Morgan fingerprint density at radius 1 is 1.11 bits per heavy atom. The van der Waals surface area contributed by atoms with Gasteiger partial charge in [0.15, 0.2) is 5.16 Å². The average molecular weight is 296 g/mol. The summed E-state index contributed by atoms with van der Waals surface area (Å²) >= 11 is 7.40. The zero-order valence-electron chi connectivity index (χ0n) is 10.7. The number of pyridine rings is 1. The molecule has 0 aliphatic carbocycles. The maximum atomic E-state index is 5.96. The topological polar surface area (TPSA) is 54.8 Å². The molecular weight excluding hydrogens is 282 g/mol. The van der Waals surface area contributed by atoms with Gasteiger partial charge in [0.25, 0.3) is 0 Å². The van der Waals surface area contributed by atoms with E-state index in [0.717, 1.165) is 18.0 Å². The Balaban J connectivity index is 2.26. The summed E-state index contributed by atoms with van der Waals surface area (Å²) in [7, 11) is 0. The first kappa shape index (κ1) is 14.0. The van der Waals surface area contributed by atoms with Gasteiger partial charge in [0, 0.05) is 30.4 Å². The van der Waals surface area contributed by atoms with Crippen molar-refractivity contribution in [1.82, 2.24) is 19.9 Å². The van der Waals surface area contributed by atoms with Gasteiger partial charge in [-0.25, -0.2) is 0 Å². The third-order valence-corrected chi connectivity index (χ3v) is 3.52. The monoisotopic (exact) mass is 295 g/mol. The summed E-state index contributed by atoms with van der Waals surface area (Å²) in [5, 5.41) is 0.807. The predicted molar refractivity (Wildman–Crippen MR) is 76.8 cm³/mol. The van der Waals surface area contributed by atoms with Crippen molar-refractivity contribution in [1.29, 1.82) is 0 Å². The zero-order valence-corrected chi connectivity index (χ0v) is 12.3. The van der Waals surface area contributed by atoms with Gasteiger partial charge in [-0.05, 0) is 49.3 Å². The van der Waals surface area contributed by atoms with Crippen molar-refractivity contribution < 1.29 is 0 Å². The summed E-state index contributed by atoms with van der Waals surface area (Å²) in [5.41, 5.74) is 0. The Morgan fingerprint density at radius 2 is 1.79 bits per heavy atom. The molecule has 0 saturated carbocycles. The highest BCUT2D eigenvalue weighted by molar-refractivity contribution is 7.99. The Morgan fingerprint density at radius 3 is 2.42 bits per heavy atom. The van der Waals surface area contributed by atoms with Crippen LogP contribution in [-0.2, 0) is 0 Å². The van der Waals surface area contributed by atoms with Crippen molar-refractivity contribution in [3.05, 3.63) is 29.8 Å². The molecule has 19 heavy (non-hydrogen) atoms. The number of nitrogens with zero attached hydrogens (tertiary/aromatic N) is 5. The van der Waals surface area contributed by atoms with Crippen molar-refractivity contribution in [2.75, 3.05) is 18.0 Å². The zero-order chi connectivity index (χ0) is 13.7. The van der Waals surface area contributed by atoms with Crippen LogP contribution in [0.25, 0.3) is 0 Å². The van der Waals surface area contributed by atoms with Gasteiger partial charge >= 0.3 is 0 Å². The summed E-state index contributed by atoms with van der Waals surface area (Å²) in [5.74, 6) is 0.613. The lowest BCUT2D eigenvalue weighted by atomic mass is 10.5. The van der Waals surface area contributed by atoms with Gasteiger partial charge in [-0.2, -0.15) is 15.0 Å². The van der Waals surface area contributed by atoms with E-state index in [4.69, 9.17) is 11.6 Å². The first-order valence-corrected chi connectivity index (χ1v) is 7.16. The third kappa shape index (κ3) is 3.78. The molecule has 2 aromatic heterocycles. The Kier molecular flexibility index (Phi) is 4.93. The van der Waals surface area contributed by atoms with E-state index in [-0.39, 0.29) is 5.28 Å². The van der Waals surface area contributed by atoms with E-state index in [2.05, 4.69) is 33.8 Å². The van der Waals surface area contributed by atoms with Crippen molar-refractivity contribution >= 4 is 29.3 Å². The molecule has 0 bridgehead atoms. The molecule has 2 heterocycles. The highest BCUT2D eigenvalue weighted by Gasteiger charge is 2.11. The Bertz CT molecular complexity index is 533. The van der Waals surface area contributed by atoms with Crippen molar-refractivity contribution in [2.24, 2.45) is 0 Å². The van der Waals surface area contributed by atoms with Crippen LogP contribution < -0.4 is 4.90 Å².